The number of ether oxygens (including phenoxy) is 1. The van der Waals surface area contributed by atoms with E-state index in [2.05, 4.69) is 16.0 Å². The van der Waals surface area contributed by atoms with Gasteiger partial charge in [-0.2, -0.15) is 0 Å². The van der Waals surface area contributed by atoms with E-state index in [4.69, 9.17) is 4.74 Å². The number of anilines is 1. The molecule has 2 aromatic carbocycles. The minimum Gasteiger partial charge on any atom is -0.465 e. The number of fused-ring (bicyclic) bond motifs is 2. The van der Waals surface area contributed by atoms with Crippen molar-refractivity contribution >= 4 is 28.5 Å². The number of nitrogens with one attached hydrogen (secondary N) is 3. The third-order valence-corrected chi connectivity index (χ3v) is 11.4. The Balaban J connectivity index is 1.43. The highest BCUT2D eigenvalue weighted by molar-refractivity contribution is 8.22. The molecule has 0 saturated carbocycles. The normalized spacial score (nSPS) is 27.5. The van der Waals surface area contributed by atoms with Crippen LogP contribution in [-0.4, -0.2) is 79.7 Å². The molecule has 3 fully saturated rings. The van der Waals surface area contributed by atoms with Crippen LogP contribution in [0.2, 0.25) is 0 Å². The Kier molecular flexibility index (Phi) is 10.5. The van der Waals surface area contributed by atoms with E-state index in [1.165, 1.54) is 30.3 Å². The SMILES string of the molecule is CC1(C)CC([C@H](c2ccc(F)cc2)[C@@H](NC(=O)O)C(=O)Nc2ccc(F)c(F)c2CCC2CNC3CCCS(O)(O)N2C3)CCO1. The Bertz CT molecular complexity index is 1410. The van der Waals surface area contributed by atoms with Crippen molar-refractivity contribution < 1.29 is 41.7 Å². The molecule has 6 atom stereocenters. The van der Waals surface area contributed by atoms with E-state index in [1.54, 1.807) is 4.31 Å². The highest BCUT2D eigenvalue weighted by Crippen LogP contribution is 2.49. The highest BCUT2D eigenvalue weighted by atomic mass is 32.3. The van der Waals surface area contributed by atoms with Crippen LogP contribution in [0.5, 0.6) is 0 Å². The molecule has 254 valence electrons. The van der Waals surface area contributed by atoms with Crippen molar-refractivity contribution in [3.8, 4) is 0 Å². The minimum atomic E-state index is -3.01. The fraction of sp³-hybridized carbons (Fsp3) is 0.562. The number of benzene rings is 2. The molecule has 3 heterocycles. The van der Waals surface area contributed by atoms with Crippen molar-refractivity contribution in [2.24, 2.45) is 5.92 Å². The van der Waals surface area contributed by atoms with Gasteiger partial charge in [0, 0.05) is 48.9 Å². The summed E-state index contributed by atoms with van der Waals surface area (Å²) in [7, 11) is -3.01. The number of rotatable bonds is 9. The van der Waals surface area contributed by atoms with Gasteiger partial charge in [-0.25, -0.2) is 22.3 Å². The second kappa shape index (κ2) is 14.1. The first-order chi connectivity index (χ1) is 21.7. The molecule has 3 saturated heterocycles. The molecule has 3 aliphatic heterocycles. The molecule has 2 aromatic rings. The average molecular weight is 669 g/mol. The lowest BCUT2D eigenvalue weighted by atomic mass is 9.73. The van der Waals surface area contributed by atoms with E-state index in [-0.39, 0.29) is 47.8 Å². The summed E-state index contributed by atoms with van der Waals surface area (Å²) in [5.74, 6) is -4.25. The van der Waals surface area contributed by atoms with E-state index >= 15 is 4.39 Å². The first-order valence-corrected chi connectivity index (χ1v) is 17.3. The van der Waals surface area contributed by atoms with E-state index < -0.39 is 57.8 Å². The van der Waals surface area contributed by atoms with Gasteiger partial charge in [0.25, 0.3) is 0 Å². The molecule has 0 spiro atoms. The van der Waals surface area contributed by atoms with Crippen LogP contribution in [0.4, 0.5) is 23.7 Å². The Hall–Kier alpha value is -2.88. The molecule has 4 unspecified atom stereocenters. The fourth-order valence-corrected chi connectivity index (χ4v) is 9.07. The minimum absolute atomic E-state index is 0.0182. The standard InChI is InChI=1S/C32H43F3N4O6S/c1-32(2)16-20(13-14-45-32)27(19-5-7-21(33)8-6-19)29(38-31(41)42)30(40)37-26-12-11-25(34)28(35)24(26)10-9-23-17-36-22-4-3-15-46(43,44)39(23)18-22/h5-8,11-12,20,22-23,27,29,36,38,43-44H,3-4,9-10,13-18H2,1-2H3,(H,37,40)(H,41,42)/t20?,22?,23?,27-,29+/m0/s1. The van der Waals surface area contributed by atoms with Crippen molar-refractivity contribution in [1.29, 1.82) is 0 Å². The lowest BCUT2D eigenvalue weighted by molar-refractivity contribution is -0.120. The predicted molar refractivity (Wildman–Crippen MR) is 169 cm³/mol. The smallest absolute Gasteiger partial charge is 0.405 e. The number of nitrogens with zero attached hydrogens (tertiary/aromatic N) is 1. The number of amides is 2. The zero-order valence-electron chi connectivity index (χ0n) is 26.0. The third-order valence-electron chi connectivity index (χ3n) is 9.40. The maximum absolute atomic E-state index is 15.4. The Morgan fingerprint density at radius 3 is 2.57 bits per heavy atom. The zero-order valence-corrected chi connectivity index (χ0v) is 26.8. The molecule has 0 radical (unpaired) electrons. The molecule has 46 heavy (non-hydrogen) atoms. The number of hydrogen-bond donors (Lipinski definition) is 6. The van der Waals surface area contributed by atoms with Crippen molar-refractivity contribution in [2.45, 2.75) is 82.0 Å². The first kappa shape index (κ1) is 34.5. The maximum Gasteiger partial charge on any atom is 0.405 e. The monoisotopic (exact) mass is 668 g/mol. The number of halogens is 3. The molecular formula is C32H43F3N4O6S. The number of carbonyl (C=O) groups is 2. The molecule has 10 nitrogen and oxygen atoms in total. The summed E-state index contributed by atoms with van der Waals surface area (Å²) in [6.45, 7) is 5.05. The van der Waals surface area contributed by atoms with Crippen LogP contribution in [0, 0.1) is 23.4 Å². The lowest BCUT2D eigenvalue weighted by Gasteiger charge is -2.49. The van der Waals surface area contributed by atoms with Gasteiger partial charge >= 0.3 is 6.09 Å². The van der Waals surface area contributed by atoms with Crippen molar-refractivity contribution in [3.63, 3.8) is 0 Å². The third kappa shape index (κ3) is 7.97. The Morgan fingerprint density at radius 2 is 1.87 bits per heavy atom. The van der Waals surface area contributed by atoms with E-state index in [1.807, 2.05) is 13.8 Å². The Labute approximate surface area is 268 Å². The molecule has 0 aromatic heterocycles. The average Bonchev–Trinajstić information content (AvgIpc) is 3.10. The fourth-order valence-electron chi connectivity index (χ4n) is 7.21. The van der Waals surface area contributed by atoms with E-state index in [0.29, 0.717) is 44.5 Å². The van der Waals surface area contributed by atoms with Gasteiger partial charge in [0.15, 0.2) is 11.6 Å². The zero-order chi connectivity index (χ0) is 33.2. The largest absolute Gasteiger partial charge is 0.465 e. The summed E-state index contributed by atoms with van der Waals surface area (Å²) in [6.07, 6.45) is 1.22. The van der Waals surface area contributed by atoms with E-state index in [0.717, 1.165) is 12.5 Å². The van der Waals surface area contributed by atoms with Gasteiger partial charge in [-0.3, -0.25) is 13.9 Å². The molecule has 3 aliphatic rings. The van der Waals surface area contributed by atoms with Crippen LogP contribution >= 0.6 is 10.8 Å². The summed E-state index contributed by atoms with van der Waals surface area (Å²) >= 11 is 0. The maximum atomic E-state index is 15.4. The second-order valence-electron chi connectivity index (χ2n) is 13.1. The summed E-state index contributed by atoms with van der Waals surface area (Å²) in [5, 5.41) is 18.2. The van der Waals surface area contributed by atoms with E-state index in [9.17, 15) is 32.6 Å². The van der Waals surface area contributed by atoms with Gasteiger partial charge < -0.3 is 25.8 Å². The highest BCUT2D eigenvalue weighted by Gasteiger charge is 2.42. The summed E-state index contributed by atoms with van der Waals surface area (Å²) in [6, 6.07) is 6.04. The summed E-state index contributed by atoms with van der Waals surface area (Å²) in [5.41, 5.74) is -0.137. The molecule has 0 aliphatic carbocycles. The number of hydrogen-bond acceptors (Lipinski definition) is 7. The van der Waals surface area contributed by atoms with Crippen LogP contribution in [0.1, 0.15) is 63.0 Å². The number of carbonyl (C=O) groups excluding carboxylic acids is 1. The molecule has 2 amide bonds. The quantitative estimate of drug-likeness (QED) is 0.200. The van der Waals surface area contributed by atoms with Gasteiger partial charge in [0.1, 0.15) is 11.9 Å². The van der Waals surface area contributed by atoms with Crippen LogP contribution in [0.25, 0.3) is 0 Å². The van der Waals surface area contributed by atoms with Gasteiger partial charge in [0.05, 0.1) is 11.4 Å². The van der Waals surface area contributed by atoms with Crippen LogP contribution in [0.3, 0.4) is 0 Å². The van der Waals surface area contributed by atoms with Crippen LogP contribution in [-0.2, 0) is 16.0 Å². The predicted octanol–water partition coefficient (Wildman–Crippen LogP) is 5.70. The van der Waals surface area contributed by atoms with Gasteiger partial charge in [-0.1, -0.05) is 12.1 Å². The molecule has 14 heteroatoms. The summed E-state index contributed by atoms with van der Waals surface area (Å²) < 4.78 is 73.0. The number of piperazine rings is 1. The van der Waals surface area contributed by atoms with Gasteiger partial charge in [-0.15, -0.1) is 10.8 Å². The van der Waals surface area contributed by atoms with Crippen LogP contribution in [0.15, 0.2) is 36.4 Å². The second-order valence-corrected chi connectivity index (χ2v) is 15.3. The van der Waals surface area contributed by atoms with Gasteiger partial charge in [-0.05, 0) is 88.1 Å². The lowest BCUT2D eigenvalue weighted by Crippen LogP contribution is -2.55. The van der Waals surface area contributed by atoms with Crippen LogP contribution < -0.4 is 16.0 Å². The van der Waals surface area contributed by atoms with Crippen molar-refractivity contribution in [3.05, 3.63) is 65.0 Å². The number of carboxylic acid groups (broad SMARTS) is 1. The topological polar surface area (TPSA) is 143 Å². The molecular weight excluding hydrogens is 625 g/mol. The van der Waals surface area contributed by atoms with Crippen molar-refractivity contribution in [1.82, 2.24) is 14.9 Å². The van der Waals surface area contributed by atoms with Crippen molar-refractivity contribution in [2.75, 3.05) is 30.8 Å². The molecule has 5 rings (SSSR count). The first-order valence-electron chi connectivity index (χ1n) is 15.7. The molecule has 2 bridgehead atoms. The molecule has 6 N–H and O–H groups in total. The Morgan fingerprint density at radius 1 is 1.13 bits per heavy atom. The van der Waals surface area contributed by atoms with Gasteiger partial charge in [0.2, 0.25) is 5.91 Å². The summed E-state index contributed by atoms with van der Waals surface area (Å²) in [4.78, 5) is 26.1.